The van der Waals surface area contributed by atoms with Crippen molar-refractivity contribution in [1.29, 1.82) is 0 Å². The van der Waals surface area contributed by atoms with Gasteiger partial charge in [-0.15, -0.1) is 0 Å². The van der Waals surface area contributed by atoms with Crippen LogP contribution in [-0.2, 0) is 6.42 Å². The van der Waals surface area contributed by atoms with Crippen molar-refractivity contribution in [2.75, 3.05) is 26.6 Å². The van der Waals surface area contributed by atoms with Gasteiger partial charge in [0.05, 0.1) is 14.2 Å². The summed E-state index contributed by atoms with van der Waals surface area (Å²) in [7, 11) is 5.23. The first kappa shape index (κ1) is 11.7. The van der Waals surface area contributed by atoms with Gasteiger partial charge < -0.3 is 14.8 Å². The zero-order valence-electron chi connectivity index (χ0n) is 9.89. The minimum atomic E-state index is 0.765. The van der Waals surface area contributed by atoms with E-state index in [1.807, 2.05) is 19.2 Å². The Morgan fingerprint density at radius 3 is 2.20 bits per heavy atom. The van der Waals surface area contributed by atoms with Gasteiger partial charge in [0, 0.05) is 18.8 Å². The van der Waals surface area contributed by atoms with E-state index in [4.69, 9.17) is 9.47 Å². The van der Waals surface area contributed by atoms with Crippen molar-refractivity contribution in [3.63, 3.8) is 0 Å². The summed E-state index contributed by atoms with van der Waals surface area (Å²) in [6.07, 6.45) is 2.15. The van der Waals surface area contributed by atoms with Crippen LogP contribution >= 0.6 is 0 Å². The zero-order valence-corrected chi connectivity index (χ0v) is 9.89. The molecule has 1 N–H and O–H groups in total. The van der Waals surface area contributed by atoms with Crippen molar-refractivity contribution < 1.29 is 9.47 Å². The molecule has 84 valence electrons. The van der Waals surface area contributed by atoms with Gasteiger partial charge in [0.25, 0.3) is 0 Å². The molecule has 0 radical (unpaired) electrons. The molecule has 1 aromatic carbocycles. The lowest BCUT2D eigenvalue weighted by atomic mass is 10.1. The lowest BCUT2D eigenvalue weighted by Crippen LogP contribution is -1.99. The summed E-state index contributed by atoms with van der Waals surface area (Å²) in [5.41, 5.74) is 2.37. The van der Waals surface area contributed by atoms with Crippen molar-refractivity contribution in [2.24, 2.45) is 0 Å². The first-order valence-corrected chi connectivity index (χ1v) is 5.19. The predicted octanol–water partition coefficient (Wildman–Crippen LogP) is 2.70. The van der Waals surface area contributed by atoms with Crippen LogP contribution in [0.3, 0.4) is 0 Å². The van der Waals surface area contributed by atoms with Gasteiger partial charge in [0.1, 0.15) is 0 Å². The van der Waals surface area contributed by atoms with Crippen molar-refractivity contribution in [1.82, 2.24) is 0 Å². The summed E-state index contributed by atoms with van der Waals surface area (Å²) in [6, 6.07) is 4.01. The molecule has 15 heavy (non-hydrogen) atoms. The average molecular weight is 209 g/mol. The lowest BCUT2D eigenvalue weighted by Gasteiger charge is -2.14. The third-order valence-electron chi connectivity index (χ3n) is 2.40. The quantitative estimate of drug-likeness (QED) is 0.808. The number of nitrogens with one attached hydrogen (secondary N) is 1. The first-order valence-electron chi connectivity index (χ1n) is 5.19. The molecule has 0 aliphatic rings. The van der Waals surface area contributed by atoms with E-state index in [2.05, 4.69) is 12.2 Å². The molecule has 0 atom stereocenters. The third-order valence-corrected chi connectivity index (χ3v) is 2.40. The summed E-state index contributed by atoms with van der Waals surface area (Å²) < 4.78 is 10.5. The zero-order chi connectivity index (χ0) is 11.3. The van der Waals surface area contributed by atoms with Crippen molar-refractivity contribution >= 4 is 5.69 Å². The Morgan fingerprint density at radius 2 is 1.73 bits per heavy atom. The van der Waals surface area contributed by atoms with E-state index in [0.29, 0.717) is 0 Å². The second-order valence-electron chi connectivity index (χ2n) is 3.36. The third kappa shape index (κ3) is 2.55. The maximum atomic E-state index is 5.27. The molecule has 1 rings (SSSR count). The second kappa shape index (κ2) is 5.49. The van der Waals surface area contributed by atoms with Crippen LogP contribution in [0.1, 0.15) is 18.9 Å². The second-order valence-corrected chi connectivity index (χ2v) is 3.36. The van der Waals surface area contributed by atoms with E-state index in [1.165, 1.54) is 5.56 Å². The fourth-order valence-electron chi connectivity index (χ4n) is 1.63. The lowest BCUT2D eigenvalue weighted by molar-refractivity contribution is 0.354. The Hall–Kier alpha value is -1.38. The Balaban J connectivity index is 3.15. The van der Waals surface area contributed by atoms with Gasteiger partial charge in [-0.1, -0.05) is 13.3 Å². The van der Waals surface area contributed by atoms with Gasteiger partial charge >= 0.3 is 0 Å². The minimum Gasteiger partial charge on any atom is -0.493 e. The van der Waals surface area contributed by atoms with E-state index < -0.39 is 0 Å². The van der Waals surface area contributed by atoms with E-state index in [9.17, 15) is 0 Å². The Bertz CT molecular complexity index is 324. The maximum Gasteiger partial charge on any atom is 0.162 e. The van der Waals surface area contributed by atoms with Gasteiger partial charge in [-0.2, -0.15) is 0 Å². The standard InChI is InChI=1S/C12H19NO2/c1-5-6-9-7-11(14-3)12(15-4)8-10(9)13-2/h7-8,13H,5-6H2,1-4H3. The largest absolute Gasteiger partial charge is 0.493 e. The van der Waals surface area contributed by atoms with Crippen LogP contribution in [0.4, 0.5) is 5.69 Å². The van der Waals surface area contributed by atoms with Gasteiger partial charge in [0.2, 0.25) is 0 Å². The van der Waals surface area contributed by atoms with Crippen molar-refractivity contribution in [3.05, 3.63) is 17.7 Å². The normalized spacial score (nSPS) is 9.87. The highest BCUT2D eigenvalue weighted by atomic mass is 16.5. The predicted molar refractivity (Wildman–Crippen MR) is 63.1 cm³/mol. The molecule has 3 heteroatoms. The van der Waals surface area contributed by atoms with E-state index in [0.717, 1.165) is 30.0 Å². The van der Waals surface area contributed by atoms with Gasteiger partial charge in [-0.25, -0.2) is 0 Å². The molecule has 0 saturated carbocycles. The number of rotatable bonds is 5. The number of aryl methyl sites for hydroxylation is 1. The molecule has 0 heterocycles. The first-order chi connectivity index (χ1) is 7.26. The number of methoxy groups -OCH3 is 2. The van der Waals surface area contributed by atoms with Crippen molar-refractivity contribution in [2.45, 2.75) is 19.8 Å². The molecule has 0 aromatic heterocycles. The number of hydrogen-bond donors (Lipinski definition) is 1. The summed E-state index contributed by atoms with van der Waals surface area (Å²) in [5, 5.41) is 3.17. The molecule has 0 unspecified atom stereocenters. The molecule has 0 amide bonds. The molecule has 3 nitrogen and oxygen atoms in total. The topological polar surface area (TPSA) is 30.5 Å². The Labute approximate surface area is 91.4 Å². The molecule has 0 bridgehead atoms. The summed E-state index contributed by atoms with van der Waals surface area (Å²) >= 11 is 0. The van der Waals surface area contributed by atoms with Crippen LogP contribution in [0.5, 0.6) is 11.5 Å². The SMILES string of the molecule is CCCc1cc(OC)c(OC)cc1NC. The molecule has 0 saturated heterocycles. The highest BCUT2D eigenvalue weighted by Crippen LogP contribution is 2.33. The monoisotopic (exact) mass is 209 g/mol. The van der Waals surface area contributed by atoms with Gasteiger partial charge in [0.15, 0.2) is 11.5 Å². The van der Waals surface area contributed by atoms with Crippen LogP contribution in [-0.4, -0.2) is 21.3 Å². The summed E-state index contributed by atoms with van der Waals surface area (Å²) in [5.74, 6) is 1.56. The number of benzene rings is 1. The molecule has 0 aliphatic carbocycles. The average Bonchev–Trinajstić information content (AvgIpc) is 2.28. The molecular weight excluding hydrogens is 190 g/mol. The number of ether oxygens (including phenoxy) is 2. The number of hydrogen-bond acceptors (Lipinski definition) is 3. The maximum absolute atomic E-state index is 5.27. The van der Waals surface area contributed by atoms with Crippen LogP contribution in [0.15, 0.2) is 12.1 Å². The van der Waals surface area contributed by atoms with E-state index in [-0.39, 0.29) is 0 Å². The molecule has 0 fully saturated rings. The number of anilines is 1. The van der Waals surface area contributed by atoms with Gasteiger partial charge in [-0.3, -0.25) is 0 Å². The Morgan fingerprint density at radius 1 is 1.13 bits per heavy atom. The summed E-state index contributed by atoms with van der Waals surface area (Å²) in [6.45, 7) is 2.16. The fourth-order valence-corrected chi connectivity index (χ4v) is 1.63. The van der Waals surface area contributed by atoms with Crippen LogP contribution in [0.2, 0.25) is 0 Å². The molecular formula is C12H19NO2. The molecule has 0 aliphatic heterocycles. The van der Waals surface area contributed by atoms with Crippen LogP contribution in [0, 0.1) is 0 Å². The van der Waals surface area contributed by atoms with E-state index >= 15 is 0 Å². The summed E-state index contributed by atoms with van der Waals surface area (Å²) in [4.78, 5) is 0. The van der Waals surface area contributed by atoms with Gasteiger partial charge in [-0.05, 0) is 18.1 Å². The fraction of sp³-hybridized carbons (Fsp3) is 0.500. The molecule has 1 aromatic rings. The van der Waals surface area contributed by atoms with Crippen LogP contribution < -0.4 is 14.8 Å². The van der Waals surface area contributed by atoms with E-state index in [1.54, 1.807) is 14.2 Å². The Kier molecular flexibility index (Phi) is 4.28. The highest BCUT2D eigenvalue weighted by molar-refractivity contribution is 5.60. The minimum absolute atomic E-state index is 0.765. The highest BCUT2D eigenvalue weighted by Gasteiger charge is 2.09. The van der Waals surface area contributed by atoms with Crippen molar-refractivity contribution in [3.8, 4) is 11.5 Å². The van der Waals surface area contributed by atoms with Crippen LogP contribution in [0.25, 0.3) is 0 Å². The molecule has 0 spiro atoms. The smallest absolute Gasteiger partial charge is 0.162 e.